The van der Waals surface area contributed by atoms with Crippen molar-refractivity contribution in [3.8, 4) is 11.4 Å². The second kappa shape index (κ2) is 8.37. The lowest BCUT2D eigenvalue weighted by molar-refractivity contribution is -0.116. The highest BCUT2D eigenvalue weighted by Gasteiger charge is 2.18. The number of rotatable bonds is 6. The predicted molar refractivity (Wildman–Crippen MR) is 104 cm³/mol. The number of carbonyl (C=O) groups is 1. The van der Waals surface area contributed by atoms with E-state index in [0.717, 1.165) is 0 Å². The first kappa shape index (κ1) is 19.8. The first-order chi connectivity index (χ1) is 13.4. The maximum atomic E-state index is 13.0. The summed E-state index contributed by atoms with van der Waals surface area (Å²) < 4.78 is 6.19. The van der Waals surface area contributed by atoms with Crippen LogP contribution in [0.1, 0.15) is 17.0 Å². The molecule has 0 fully saturated rings. The Bertz CT molecular complexity index is 1070. The predicted octanol–water partition coefficient (Wildman–Crippen LogP) is 2.34. The van der Waals surface area contributed by atoms with Crippen molar-refractivity contribution in [3.63, 3.8) is 0 Å². The third-order valence-electron chi connectivity index (χ3n) is 4.11. The number of amides is 1. The fourth-order valence-electron chi connectivity index (χ4n) is 2.85. The van der Waals surface area contributed by atoms with Crippen molar-refractivity contribution >= 4 is 23.3 Å². The highest BCUT2D eigenvalue weighted by Crippen LogP contribution is 2.21. The third-order valence-corrected chi connectivity index (χ3v) is 4.35. The molecule has 3 aromatic rings. The number of hydrogen-bond acceptors (Lipinski definition) is 6. The van der Waals surface area contributed by atoms with Crippen LogP contribution in [0, 0.1) is 13.8 Å². The molecule has 2 aromatic heterocycles. The van der Waals surface area contributed by atoms with Gasteiger partial charge in [0.25, 0.3) is 5.56 Å². The second-order valence-electron chi connectivity index (χ2n) is 6.25. The van der Waals surface area contributed by atoms with Crippen LogP contribution in [0.2, 0.25) is 5.02 Å². The molecule has 0 atom stereocenters. The molecule has 2 heterocycles. The zero-order chi connectivity index (χ0) is 20.3. The number of aliphatic hydroxyl groups excluding tert-OH is 1. The van der Waals surface area contributed by atoms with Gasteiger partial charge < -0.3 is 14.9 Å². The number of aromatic nitrogens is 3. The molecule has 1 amide bonds. The number of nitrogens with one attached hydrogen (secondary N) is 1. The van der Waals surface area contributed by atoms with Crippen LogP contribution < -0.4 is 10.9 Å². The van der Waals surface area contributed by atoms with Crippen LogP contribution in [-0.4, -0.2) is 32.3 Å². The van der Waals surface area contributed by atoms with E-state index in [-0.39, 0.29) is 30.9 Å². The second-order valence-corrected chi connectivity index (χ2v) is 6.68. The van der Waals surface area contributed by atoms with Gasteiger partial charge in [-0.05, 0) is 26.0 Å². The van der Waals surface area contributed by atoms with Gasteiger partial charge in [0, 0.05) is 40.9 Å². The van der Waals surface area contributed by atoms with E-state index < -0.39 is 5.91 Å². The smallest absolute Gasteiger partial charge is 0.257 e. The van der Waals surface area contributed by atoms with E-state index in [1.54, 1.807) is 44.2 Å². The Hall–Kier alpha value is -2.97. The van der Waals surface area contributed by atoms with Gasteiger partial charge in [-0.2, -0.15) is 0 Å². The molecular weight excluding hydrogens is 384 g/mol. The van der Waals surface area contributed by atoms with Gasteiger partial charge >= 0.3 is 0 Å². The molecule has 1 aromatic carbocycles. The molecule has 0 unspecified atom stereocenters. The van der Waals surface area contributed by atoms with E-state index in [1.165, 1.54) is 4.57 Å². The van der Waals surface area contributed by atoms with Gasteiger partial charge in [0.05, 0.1) is 0 Å². The Morgan fingerprint density at radius 1 is 1.32 bits per heavy atom. The van der Waals surface area contributed by atoms with Crippen LogP contribution in [0.5, 0.6) is 0 Å². The molecule has 0 bridgehead atoms. The lowest BCUT2D eigenvalue weighted by atomic mass is 10.1. The number of anilines is 1. The van der Waals surface area contributed by atoms with Crippen LogP contribution in [0.3, 0.4) is 0 Å². The normalized spacial score (nSPS) is 10.9. The molecular formula is C19H19ClN4O4. The lowest BCUT2D eigenvalue weighted by Gasteiger charge is -2.15. The Morgan fingerprint density at radius 3 is 2.75 bits per heavy atom. The summed E-state index contributed by atoms with van der Waals surface area (Å²) in [6, 6.07) is 8.45. The number of carbonyl (C=O) groups excluding carboxylic acids is 1. The summed E-state index contributed by atoms with van der Waals surface area (Å²) in [5, 5.41) is 16.1. The maximum absolute atomic E-state index is 13.0. The van der Waals surface area contributed by atoms with Crippen LogP contribution >= 0.6 is 11.6 Å². The highest BCUT2D eigenvalue weighted by atomic mass is 35.5. The minimum absolute atomic E-state index is 0.150. The zero-order valence-corrected chi connectivity index (χ0v) is 16.2. The van der Waals surface area contributed by atoms with Crippen molar-refractivity contribution in [3.05, 3.63) is 62.7 Å². The number of halogens is 1. The number of aryl methyl sites for hydroxylation is 2. The summed E-state index contributed by atoms with van der Waals surface area (Å²) in [6.45, 7) is 2.93. The molecule has 28 heavy (non-hydrogen) atoms. The summed E-state index contributed by atoms with van der Waals surface area (Å²) in [4.78, 5) is 30.0. The monoisotopic (exact) mass is 402 g/mol. The van der Waals surface area contributed by atoms with E-state index in [9.17, 15) is 14.7 Å². The first-order valence-electron chi connectivity index (χ1n) is 8.59. The van der Waals surface area contributed by atoms with Crippen molar-refractivity contribution < 1.29 is 14.4 Å². The van der Waals surface area contributed by atoms with Gasteiger partial charge in [-0.25, -0.2) is 4.98 Å². The Morgan fingerprint density at radius 2 is 2.11 bits per heavy atom. The molecule has 8 nitrogen and oxygen atoms in total. The van der Waals surface area contributed by atoms with Crippen molar-refractivity contribution in [2.24, 2.45) is 0 Å². The molecule has 3 rings (SSSR count). The fraction of sp³-hybridized carbons (Fsp3) is 0.263. The Balaban J connectivity index is 2.04. The third kappa shape index (κ3) is 4.29. The molecule has 0 saturated heterocycles. The Labute approximate surface area is 165 Å². The minimum atomic E-state index is -0.459. The van der Waals surface area contributed by atoms with E-state index in [1.807, 2.05) is 0 Å². The van der Waals surface area contributed by atoms with Gasteiger partial charge in [0.1, 0.15) is 18.1 Å². The molecule has 0 saturated carbocycles. The van der Waals surface area contributed by atoms with Gasteiger partial charge in [0.15, 0.2) is 5.82 Å². The average molecular weight is 403 g/mol. The van der Waals surface area contributed by atoms with Gasteiger partial charge in [-0.3, -0.25) is 14.2 Å². The SMILES string of the molecule is Cc1cc(NC(=O)Cn2c(-c3cccc(Cl)c3)nc(C)c(CCO)c2=O)no1. The highest BCUT2D eigenvalue weighted by molar-refractivity contribution is 6.30. The molecule has 0 aliphatic carbocycles. The van der Waals surface area contributed by atoms with Crippen molar-refractivity contribution in [2.45, 2.75) is 26.8 Å². The summed E-state index contributed by atoms with van der Waals surface area (Å²) in [7, 11) is 0. The quantitative estimate of drug-likeness (QED) is 0.654. The average Bonchev–Trinajstić information content (AvgIpc) is 3.05. The van der Waals surface area contributed by atoms with Crippen LogP contribution in [-0.2, 0) is 17.8 Å². The van der Waals surface area contributed by atoms with Crippen LogP contribution in [0.15, 0.2) is 39.6 Å². The van der Waals surface area contributed by atoms with Gasteiger partial charge in [0.2, 0.25) is 5.91 Å². The lowest BCUT2D eigenvalue weighted by Crippen LogP contribution is -2.33. The van der Waals surface area contributed by atoms with E-state index in [2.05, 4.69) is 15.5 Å². The van der Waals surface area contributed by atoms with Crippen molar-refractivity contribution in [1.82, 2.24) is 14.7 Å². The molecule has 9 heteroatoms. The van der Waals surface area contributed by atoms with Crippen LogP contribution in [0.25, 0.3) is 11.4 Å². The zero-order valence-electron chi connectivity index (χ0n) is 15.4. The van der Waals surface area contributed by atoms with E-state index in [0.29, 0.717) is 33.4 Å². The fourth-order valence-corrected chi connectivity index (χ4v) is 3.04. The van der Waals surface area contributed by atoms with Crippen LogP contribution in [0.4, 0.5) is 5.82 Å². The number of nitrogens with zero attached hydrogens (tertiary/aromatic N) is 3. The topological polar surface area (TPSA) is 110 Å². The molecule has 0 aliphatic heterocycles. The van der Waals surface area contributed by atoms with E-state index in [4.69, 9.17) is 16.1 Å². The van der Waals surface area contributed by atoms with Gasteiger partial charge in [-0.1, -0.05) is 28.9 Å². The van der Waals surface area contributed by atoms with E-state index >= 15 is 0 Å². The van der Waals surface area contributed by atoms with Gasteiger partial charge in [-0.15, -0.1) is 0 Å². The summed E-state index contributed by atoms with van der Waals surface area (Å²) >= 11 is 6.08. The summed E-state index contributed by atoms with van der Waals surface area (Å²) in [5.41, 5.74) is 1.08. The van der Waals surface area contributed by atoms with Crippen molar-refractivity contribution in [1.29, 1.82) is 0 Å². The molecule has 146 valence electrons. The largest absolute Gasteiger partial charge is 0.396 e. The number of aliphatic hydroxyl groups is 1. The summed E-state index contributed by atoms with van der Waals surface area (Å²) in [6.07, 6.45) is 0.150. The standard InChI is InChI=1S/C19H19ClN4O4/c1-11-8-16(23-28-11)22-17(26)10-24-18(13-4-3-5-14(20)9-13)21-12(2)15(6-7-25)19(24)27/h3-5,8-9,25H,6-7,10H2,1-2H3,(H,22,23,26). The number of hydrogen-bond donors (Lipinski definition) is 2. The molecule has 0 spiro atoms. The number of benzene rings is 1. The Kier molecular flexibility index (Phi) is 5.91. The van der Waals surface area contributed by atoms with Crippen molar-refractivity contribution in [2.75, 3.05) is 11.9 Å². The minimum Gasteiger partial charge on any atom is -0.396 e. The maximum Gasteiger partial charge on any atom is 0.257 e. The summed E-state index contributed by atoms with van der Waals surface area (Å²) in [5.74, 6) is 0.669. The molecule has 0 aliphatic rings. The molecule has 0 radical (unpaired) electrons. The first-order valence-corrected chi connectivity index (χ1v) is 8.97. The molecule has 2 N–H and O–H groups in total.